The van der Waals surface area contributed by atoms with Gasteiger partial charge in [0, 0.05) is 6.54 Å². The minimum Gasteiger partial charge on any atom is -0.480 e. The zero-order valence-corrected chi connectivity index (χ0v) is 13.2. The van der Waals surface area contributed by atoms with Gasteiger partial charge in [-0.05, 0) is 44.8 Å². The van der Waals surface area contributed by atoms with E-state index in [0.717, 1.165) is 45.3 Å². The minimum absolute atomic E-state index is 0.364. The Bertz CT molecular complexity index is 328. The quantitative estimate of drug-likeness (QED) is 0.636. The first-order chi connectivity index (χ1) is 10.1. The van der Waals surface area contributed by atoms with E-state index >= 15 is 0 Å². The van der Waals surface area contributed by atoms with Gasteiger partial charge in [0.15, 0.2) is 0 Å². The third kappa shape index (κ3) is 6.80. The van der Waals surface area contributed by atoms with E-state index in [9.17, 15) is 9.59 Å². The van der Waals surface area contributed by atoms with E-state index in [4.69, 9.17) is 5.11 Å². The normalized spacial score (nSPS) is 18.2. The number of carboxylic acids is 1. The molecule has 1 aliphatic rings. The highest BCUT2D eigenvalue weighted by Gasteiger charge is 2.21. The van der Waals surface area contributed by atoms with Crippen LogP contribution < -0.4 is 10.6 Å². The Morgan fingerprint density at radius 1 is 1.29 bits per heavy atom. The number of urea groups is 1. The van der Waals surface area contributed by atoms with Crippen LogP contribution >= 0.6 is 0 Å². The number of amides is 2. The number of piperidine rings is 1. The summed E-state index contributed by atoms with van der Waals surface area (Å²) in [7, 11) is 0. The van der Waals surface area contributed by atoms with Crippen LogP contribution in [0.15, 0.2) is 0 Å². The van der Waals surface area contributed by atoms with Crippen molar-refractivity contribution in [3.05, 3.63) is 0 Å². The zero-order chi connectivity index (χ0) is 15.7. The van der Waals surface area contributed by atoms with Gasteiger partial charge in [-0.15, -0.1) is 0 Å². The topological polar surface area (TPSA) is 81.7 Å². The molecule has 0 aliphatic carbocycles. The van der Waals surface area contributed by atoms with E-state index < -0.39 is 12.0 Å². The second-order valence-electron chi connectivity index (χ2n) is 5.77. The highest BCUT2D eigenvalue weighted by molar-refractivity contribution is 5.82. The summed E-state index contributed by atoms with van der Waals surface area (Å²) in [5, 5.41) is 14.4. The summed E-state index contributed by atoms with van der Waals surface area (Å²) in [6, 6.07) is -1.15. The fourth-order valence-corrected chi connectivity index (χ4v) is 2.62. The fourth-order valence-electron chi connectivity index (χ4n) is 2.62. The Labute approximate surface area is 127 Å². The van der Waals surface area contributed by atoms with Crippen LogP contribution in [0.3, 0.4) is 0 Å². The molecule has 0 aromatic heterocycles. The molecule has 3 N–H and O–H groups in total. The summed E-state index contributed by atoms with van der Waals surface area (Å²) >= 11 is 0. The van der Waals surface area contributed by atoms with Crippen LogP contribution in [0.4, 0.5) is 4.79 Å². The largest absolute Gasteiger partial charge is 0.480 e. The number of unbranched alkanes of at least 4 members (excludes halogenated alkanes) is 1. The van der Waals surface area contributed by atoms with E-state index in [2.05, 4.69) is 22.5 Å². The van der Waals surface area contributed by atoms with Crippen molar-refractivity contribution in [2.75, 3.05) is 26.2 Å². The molecular formula is C15H29N3O3. The van der Waals surface area contributed by atoms with Crippen LogP contribution in [0.1, 0.15) is 46.0 Å². The molecule has 6 heteroatoms. The number of nitrogens with zero attached hydrogens (tertiary/aromatic N) is 1. The second kappa shape index (κ2) is 9.60. The average Bonchev–Trinajstić information content (AvgIpc) is 2.49. The van der Waals surface area contributed by atoms with Gasteiger partial charge >= 0.3 is 12.0 Å². The van der Waals surface area contributed by atoms with Crippen LogP contribution in [-0.4, -0.2) is 54.2 Å². The highest BCUT2D eigenvalue weighted by Crippen LogP contribution is 2.15. The van der Waals surface area contributed by atoms with Crippen molar-refractivity contribution in [2.45, 2.75) is 52.0 Å². The number of hydrogen-bond acceptors (Lipinski definition) is 3. The molecule has 21 heavy (non-hydrogen) atoms. The molecule has 1 unspecified atom stereocenters. The standard InChI is InChI=1S/C15H29N3O3/c1-3-5-6-13(14(19)20)17-15(21)16-11-12-7-9-18(4-2)10-8-12/h12-13H,3-11H2,1-2H3,(H,19,20)(H2,16,17,21). The average molecular weight is 299 g/mol. The van der Waals surface area contributed by atoms with Gasteiger partial charge in [-0.2, -0.15) is 0 Å². The van der Waals surface area contributed by atoms with Gasteiger partial charge in [0.25, 0.3) is 0 Å². The lowest BCUT2D eigenvalue weighted by atomic mass is 9.97. The lowest BCUT2D eigenvalue weighted by Crippen LogP contribution is -2.47. The van der Waals surface area contributed by atoms with Gasteiger partial charge in [-0.1, -0.05) is 26.7 Å². The van der Waals surface area contributed by atoms with Crippen molar-refractivity contribution >= 4 is 12.0 Å². The number of rotatable bonds is 8. The predicted molar refractivity (Wildman–Crippen MR) is 82.3 cm³/mol. The first-order valence-corrected chi connectivity index (χ1v) is 8.06. The fraction of sp³-hybridized carbons (Fsp3) is 0.867. The molecule has 122 valence electrons. The number of hydrogen-bond donors (Lipinski definition) is 3. The second-order valence-corrected chi connectivity index (χ2v) is 5.77. The Hall–Kier alpha value is -1.30. The summed E-state index contributed by atoms with van der Waals surface area (Å²) in [6.45, 7) is 8.04. The maximum Gasteiger partial charge on any atom is 0.326 e. The van der Waals surface area contributed by atoms with Crippen LogP contribution in [0, 0.1) is 5.92 Å². The van der Waals surface area contributed by atoms with Crippen molar-refractivity contribution in [3.63, 3.8) is 0 Å². The molecule has 0 radical (unpaired) electrons. The molecule has 6 nitrogen and oxygen atoms in total. The van der Waals surface area contributed by atoms with Gasteiger partial charge in [0.1, 0.15) is 6.04 Å². The smallest absolute Gasteiger partial charge is 0.326 e. The SMILES string of the molecule is CCCCC(NC(=O)NCC1CCN(CC)CC1)C(=O)O. The molecular weight excluding hydrogens is 270 g/mol. The van der Waals surface area contributed by atoms with E-state index in [0.29, 0.717) is 18.9 Å². The van der Waals surface area contributed by atoms with E-state index in [1.165, 1.54) is 0 Å². The number of nitrogens with one attached hydrogen (secondary N) is 2. The molecule has 1 heterocycles. The van der Waals surface area contributed by atoms with E-state index in [1.807, 2.05) is 6.92 Å². The van der Waals surface area contributed by atoms with Gasteiger partial charge < -0.3 is 20.6 Å². The third-order valence-electron chi connectivity index (χ3n) is 4.16. The monoisotopic (exact) mass is 299 g/mol. The van der Waals surface area contributed by atoms with E-state index in [-0.39, 0.29) is 6.03 Å². The summed E-state index contributed by atoms with van der Waals surface area (Å²) in [4.78, 5) is 25.3. The maximum atomic E-state index is 11.8. The molecule has 2 amide bonds. The Kier molecular flexibility index (Phi) is 8.12. The number of carboxylic acid groups (broad SMARTS) is 1. The Morgan fingerprint density at radius 3 is 2.48 bits per heavy atom. The van der Waals surface area contributed by atoms with Gasteiger partial charge in [-0.25, -0.2) is 9.59 Å². The first-order valence-electron chi connectivity index (χ1n) is 8.06. The van der Waals surface area contributed by atoms with Crippen molar-refractivity contribution in [3.8, 4) is 0 Å². The lowest BCUT2D eigenvalue weighted by molar-refractivity contribution is -0.139. The third-order valence-corrected chi connectivity index (χ3v) is 4.16. The molecule has 0 saturated carbocycles. The molecule has 1 fully saturated rings. The number of carbonyl (C=O) groups is 2. The van der Waals surface area contributed by atoms with Gasteiger partial charge in [0.2, 0.25) is 0 Å². The van der Waals surface area contributed by atoms with Gasteiger partial charge in [0.05, 0.1) is 0 Å². The number of aliphatic carboxylic acids is 1. The molecule has 0 spiro atoms. The van der Waals surface area contributed by atoms with Crippen LogP contribution in [0.5, 0.6) is 0 Å². The summed E-state index contributed by atoms with van der Waals surface area (Å²) in [5.41, 5.74) is 0. The lowest BCUT2D eigenvalue weighted by Gasteiger charge is -2.31. The summed E-state index contributed by atoms with van der Waals surface area (Å²) < 4.78 is 0. The summed E-state index contributed by atoms with van der Waals surface area (Å²) in [6.07, 6.45) is 4.38. The van der Waals surface area contributed by atoms with Gasteiger partial charge in [-0.3, -0.25) is 0 Å². The minimum atomic E-state index is -0.963. The van der Waals surface area contributed by atoms with Crippen molar-refractivity contribution in [1.82, 2.24) is 15.5 Å². The zero-order valence-electron chi connectivity index (χ0n) is 13.2. The Balaban J connectivity index is 2.25. The van der Waals surface area contributed by atoms with Crippen LogP contribution in [0.25, 0.3) is 0 Å². The number of likely N-dealkylation sites (tertiary alicyclic amines) is 1. The first kappa shape index (κ1) is 17.8. The molecule has 0 bridgehead atoms. The molecule has 1 rings (SSSR count). The maximum absolute atomic E-state index is 11.8. The molecule has 1 atom stereocenters. The number of carbonyl (C=O) groups excluding carboxylic acids is 1. The molecule has 0 aromatic carbocycles. The van der Waals surface area contributed by atoms with Crippen molar-refractivity contribution in [1.29, 1.82) is 0 Å². The van der Waals surface area contributed by atoms with Crippen molar-refractivity contribution in [2.24, 2.45) is 5.92 Å². The summed E-state index contributed by atoms with van der Waals surface area (Å²) in [5.74, 6) is -0.465. The van der Waals surface area contributed by atoms with E-state index in [1.54, 1.807) is 0 Å². The molecule has 1 saturated heterocycles. The molecule has 0 aromatic rings. The van der Waals surface area contributed by atoms with Crippen LogP contribution in [0.2, 0.25) is 0 Å². The van der Waals surface area contributed by atoms with Crippen molar-refractivity contribution < 1.29 is 14.7 Å². The highest BCUT2D eigenvalue weighted by atomic mass is 16.4. The van der Waals surface area contributed by atoms with Crippen LogP contribution in [-0.2, 0) is 4.79 Å². The Morgan fingerprint density at radius 2 is 1.95 bits per heavy atom. The predicted octanol–water partition coefficient (Wildman–Crippen LogP) is 1.66. The molecule has 1 aliphatic heterocycles.